The molecule has 1 saturated heterocycles. The van der Waals surface area contributed by atoms with Gasteiger partial charge in [0.05, 0.1) is 11.5 Å². The second kappa shape index (κ2) is 8.69. The predicted molar refractivity (Wildman–Crippen MR) is 114 cm³/mol. The standard InChI is InChI=1S/C22H27N5O3/c1-2-15-10-6-7-11-27(15)22-25-19-18(21(30)26-22)16(12-17(28)24-19)20(29)23-13-14-8-4-3-5-9-14/h3-5,8-9,15-16H,2,6-7,10-13H2,1H3,(H,23,29)(H2,24,25,26,28,30)/t15-,16+/m1/s1. The number of aromatic nitrogens is 2. The summed E-state index contributed by atoms with van der Waals surface area (Å²) in [7, 11) is 0. The van der Waals surface area contributed by atoms with E-state index in [0.29, 0.717) is 18.5 Å². The number of H-pyrrole nitrogens is 1. The Morgan fingerprint density at radius 2 is 2.03 bits per heavy atom. The Bertz CT molecular complexity index is 988. The quantitative estimate of drug-likeness (QED) is 0.702. The molecule has 0 unspecified atom stereocenters. The minimum Gasteiger partial charge on any atom is -0.351 e. The molecule has 1 aromatic heterocycles. The molecule has 2 aliphatic rings. The van der Waals surface area contributed by atoms with E-state index in [1.807, 2.05) is 30.3 Å². The normalized spacial score (nSPS) is 21.0. The highest BCUT2D eigenvalue weighted by Crippen LogP contribution is 2.31. The summed E-state index contributed by atoms with van der Waals surface area (Å²) in [5.41, 5.74) is 0.814. The first-order valence-corrected chi connectivity index (χ1v) is 10.6. The number of benzene rings is 1. The number of nitrogens with one attached hydrogen (secondary N) is 3. The molecule has 2 aromatic rings. The number of amides is 2. The zero-order valence-electron chi connectivity index (χ0n) is 17.1. The van der Waals surface area contributed by atoms with Crippen molar-refractivity contribution in [2.75, 3.05) is 16.8 Å². The lowest BCUT2D eigenvalue weighted by Crippen LogP contribution is -2.43. The highest BCUT2D eigenvalue weighted by Gasteiger charge is 2.35. The summed E-state index contributed by atoms with van der Waals surface area (Å²) >= 11 is 0. The van der Waals surface area contributed by atoms with Crippen molar-refractivity contribution in [1.29, 1.82) is 0 Å². The van der Waals surface area contributed by atoms with Crippen molar-refractivity contribution >= 4 is 23.6 Å². The van der Waals surface area contributed by atoms with Gasteiger partial charge >= 0.3 is 0 Å². The minimum absolute atomic E-state index is 0.0704. The second-order valence-electron chi connectivity index (χ2n) is 7.91. The predicted octanol–water partition coefficient (Wildman–Crippen LogP) is 2.28. The van der Waals surface area contributed by atoms with Gasteiger partial charge in [0.25, 0.3) is 5.56 Å². The average Bonchev–Trinajstić information content (AvgIpc) is 2.77. The van der Waals surface area contributed by atoms with Gasteiger partial charge in [0.1, 0.15) is 5.82 Å². The van der Waals surface area contributed by atoms with Crippen molar-refractivity contribution in [2.45, 2.75) is 57.5 Å². The molecule has 158 valence electrons. The first-order chi connectivity index (χ1) is 14.6. The third-order valence-corrected chi connectivity index (χ3v) is 5.94. The second-order valence-corrected chi connectivity index (χ2v) is 7.91. The summed E-state index contributed by atoms with van der Waals surface area (Å²) in [6, 6.07) is 9.82. The van der Waals surface area contributed by atoms with E-state index in [2.05, 4.69) is 32.4 Å². The Labute approximate surface area is 175 Å². The van der Waals surface area contributed by atoms with Crippen LogP contribution in [0.15, 0.2) is 35.1 Å². The largest absolute Gasteiger partial charge is 0.351 e. The van der Waals surface area contributed by atoms with Crippen molar-refractivity contribution in [2.24, 2.45) is 0 Å². The Morgan fingerprint density at radius 1 is 1.23 bits per heavy atom. The lowest BCUT2D eigenvalue weighted by molar-refractivity contribution is -0.126. The van der Waals surface area contributed by atoms with Crippen LogP contribution < -0.4 is 21.1 Å². The van der Waals surface area contributed by atoms with E-state index in [-0.39, 0.29) is 35.2 Å². The van der Waals surface area contributed by atoms with Crippen molar-refractivity contribution < 1.29 is 9.59 Å². The highest BCUT2D eigenvalue weighted by molar-refractivity contribution is 6.00. The van der Waals surface area contributed by atoms with Gasteiger partial charge in [-0.15, -0.1) is 0 Å². The van der Waals surface area contributed by atoms with Crippen LogP contribution in [-0.4, -0.2) is 34.4 Å². The monoisotopic (exact) mass is 409 g/mol. The number of carbonyl (C=O) groups excluding carboxylic acids is 2. The van der Waals surface area contributed by atoms with Crippen LogP contribution in [0.3, 0.4) is 0 Å². The third kappa shape index (κ3) is 4.08. The molecule has 0 radical (unpaired) electrons. The minimum atomic E-state index is -0.855. The molecule has 8 heteroatoms. The molecular formula is C22H27N5O3. The average molecular weight is 409 g/mol. The summed E-state index contributed by atoms with van der Waals surface area (Å²) in [5, 5.41) is 5.54. The molecule has 8 nitrogen and oxygen atoms in total. The van der Waals surface area contributed by atoms with Crippen LogP contribution in [0.4, 0.5) is 11.8 Å². The number of aromatic amines is 1. The van der Waals surface area contributed by atoms with E-state index in [4.69, 9.17) is 0 Å². The van der Waals surface area contributed by atoms with Crippen LogP contribution in [0.1, 0.15) is 56.1 Å². The SMILES string of the molecule is CC[C@@H]1CCCCN1c1nc2c(c(=O)[nH]1)[C@@H](C(=O)NCc1ccccc1)CC(=O)N2. The Balaban J connectivity index is 1.60. The molecule has 2 aliphatic heterocycles. The number of nitrogens with zero attached hydrogens (tertiary/aromatic N) is 2. The first kappa shape index (κ1) is 20.1. The number of piperidine rings is 1. The van der Waals surface area contributed by atoms with E-state index < -0.39 is 5.92 Å². The number of hydrogen-bond donors (Lipinski definition) is 3. The van der Waals surface area contributed by atoms with Gasteiger partial charge in [-0.3, -0.25) is 19.4 Å². The van der Waals surface area contributed by atoms with E-state index in [0.717, 1.165) is 37.8 Å². The maximum absolute atomic E-state index is 13.0. The van der Waals surface area contributed by atoms with E-state index >= 15 is 0 Å². The van der Waals surface area contributed by atoms with Crippen LogP contribution in [0.5, 0.6) is 0 Å². The van der Waals surface area contributed by atoms with Crippen LogP contribution in [0, 0.1) is 0 Å². The van der Waals surface area contributed by atoms with Crippen molar-refractivity contribution in [3.63, 3.8) is 0 Å². The highest BCUT2D eigenvalue weighted by atomic mass is 16.2. The van der Waals surface area contributed by atoms with Gasteiger partial charge in [0, 0.05) is 25.6 Å². The van der Waals surface area contributed by atoms with Gasteiger partial charge < -0.3 is 15.5 Å². The third-order valence-electron chi connectivity index (χ3n) is 5.94. The summed E-state index contributed by atoms with van der Waals surface area (Å²) < 4.78 is 0. The Kier molecular flexibility index (Phi) is 5.83. The molecule has 3 heterocycles. The molecule has 0 aliphatic carbocycles. The fourth-order valence-corrected chi connectivity index (χ4v) is 4.33. The van der Waals surface area contributed by atoms with Gasteiger partial charge in [-0.2, -0.15) is 4.98 Å². The maximum Gasteiger partial charge on any atom is 0.258 e. The van der Waals surface area contributed by atoms with Gasteiger partial charge in [0.2, 0.25) is 17.8 Å². The molecule has 1 fully saturated rings. The van der Waals surface area contributed by atoms with Gasteiger partial charge in [-0.05, 0) is 31.2 Å². The van der Waals surface area contributed by atoms with Gasteiger partial charge in [-0.25, -0.2) is 0 Å². The Hall–Kier alpha value is -3.16. The molecule has 0 saturated carbocycles. The fraction of sp³-hybridized carbons (Fsp3) is 0.455. The molecule has 1 aromatic carbocycles. The summed E-state index contributed by atoms with van der Waals surface area (Å²) in [5.74, 6) is -0.844. The molecule has 0 bridgehead atoms. The molecular weight excluding hydrogens is 382 g/mol. The van der Waals surface area contributed by atoms with Crippen LogP contribution in [0.2, 0.25) is 0 Å². The lowest BCUT2D eigenvalue weighted by Gasteiger charge is -2.36. The van der Waals surface area contributed by atoms with Gasteiger partial charge in [0.15, 0.2) is 0 Å². The lowest BCUT2D eigenvalue weighted by atomic mass is 9.92. The van der Waals surface area contributed by atoms with Crippen molar-refractivity contribution in [1.82, 2.24) is 15.3 Å². The summed E-state index contributed by atoms with van der Waals surface area (Å²) in [6.07, 6.45) is 4.13. The number of fused-ring (bicyclic) bond motifs is 1. The van der Waals surface area contributed by atoms with Crippen LogP contribution in [-0.2, 0) is 16.1 Å². The van der Waals surface area contributed by atoms with E-state index in [9.17, 15) is 14.4 Å². The maximum atomic E-state index is 13.0. The number of rotatable bonds is 5. The first-order valence-electron chi connectivity index (χ1n) is 10.6. The smallest absolute Gasteiger partial charge is 0.258 e. The van der Waals surface area contributed by atoms with E-state index in [1.54, 1.807) is 0 Å². The summed E-state index contributed by atoms with van der Waals surface area (Å²) in [4.78, 5) is 47.6. The van der Waals surface area contributed by atoms with Crippen molar-refractivity contribution in [3.05, 3.63) is 51.8 Å². The van der Waals surface area contributed by atoms with Crippen LogP contribution >= 0.6 is 0 Å². The molecule has 3 N–H and O–H groups in total. The molecule has 4 rings (SSSR count). The Morgan fingerprint density at radius 3 is 2.80 bits per heavy atom. The molecule has 30 heavy (non-hydrogen) atoms. The number of hydrogen-bond acceptors (Lipinski definition) is 5. The van der Waals surface area contributed by atoms with Crippen LogP contribution in [0.25, 0.3) is 0 Å². The molecule has 2 atom stereocenters. The van der Waals surface area contributed by atoms with Crippen molar-refractivity contribution in [3.8, 4) is 0 Å². The topological polar surface area (TPSA) is 107 Å². The zero-order valence-corrected chi connectivity index (χ0v) is 17.1. The number of anilines is 2. The van der Waals surface area contributed by atoms with Gasteiger partial charge in [-0.1, -0.05) is 37.3 Å². The van der Waals surface area contributed by atoms with E-state index in [1.165, 1.54) is 0 Å². The fourth-order valence-electron chi connectivity index (χ4n) is 4.33. The molecule has 0 spiro atoms. The zero-order chi connectivity index (χ0) is 21.1. The summed E-state index contributed by atoms with van der Waals surface area (Å²) in [6.45, 7) is 3.27. The molecule has 2 amide bonds. The number of carbonyl (C=O) groups is 2.